The number of rotatable bonds is 30. The molecule has 2 aliphatic carbocycles. The first kappa shape index (κ1) is 79.3. The highest BCUT2D eigenvalue weighted by atomic mass is 32.9. The minimum absolute atomic E-state index is 0.0273. The van der Waals surface area contributed by atoms with Gasteiger partial charge in [-0.1, -0.05) is 109 Å². The van der Waals surface area contributed by atoms with Crippen LogP contribution in [0, 0.1) is 45.4 Å². The Labute approximate surface area is 629 Å². The topological polar surface area (TPSA) is 297 Å². The van der Waals surface area contributed by atoms with Gasteiger partial charge in [0.1, 0.15) is 44.0 Å². The zero-order valence-corrected chi connectivity index (χ0v) is 62.7. The van der Waals surface area contributed by atoms with E-state index < -0.39 is 111 Å². The molecule has 0 N–H and O–H groups in total. The summed E-state index contributed by atoms with van der Waals surface area (Å²) in [7, 11) is 3.63. The number of allylic oxidation sites excluding steroid dienone is 4. The van der Waals surface area contributed by atoms with Crippen molar-refractivity contribution in [2.24, 2.45) is 5.92 Å². The van der Waals surface area contributed by atoms with Crippen molar-refractivity contribution in [2.45, 2.75) is 74.9 Å². The Bertz CT molecular complexity index is 4930. The molecule has 2 aliphatic rings. The number of hydrogen-bond acceptors (Lipinski definition) is 26. The molecule has 0 bridgehead atoms. The standard InChI is InChI=1S/C37H32FNO10S4.C36H30FNO10S4/c1-21(19-47-39(43)44)14-34(40)46-20-32(37(42)48-26-9-6-24(7-10-26)33-18-36(50)52-51-33)49-35(41)17-30-22(2)29(28-13-8-25(38)16-31(28)30)15-23-4-11-27(12-5-23)53(3)45;1-21-28(16-22-5-12-26(13-6-22)52(2)44)27-14-9-24(37)17-30(27)29(21)18-34(40)48-31(20-45-33(39)4-3-15-46-38(42)43)36(41)47-25-10-7-23(8-11-25)32-19-35(49)51-50-32/h4-13,15-16,18,21,32H,14,17,19-20H2,1-3H3;5-14,16-17,19,31H,3-4,15,18,20H2,1-2H3. The molecule has 2 heterocycles. The monoisotopic (exact) mass is 1580 g/mol. The van der Waals surface area contributed by atoms with Crippen LogP contribution < -0.4 is 9.47 Å². The molecule has 2 aromatic heterocycles. The van der Waals surface area contributed by atoms with E-state index in [1.54, 1.807) is 111 Å². The minimum Gasteiger partial charge on any atom is -0.461 e. The Hall–Kier alpha value is -9.80. The van der Waals surface area contributed by atoms with Crippen molar-refractivity contribution < 1.29 is 94.2 Å². The van der Waals surface area contributed by atoms with Gasteiger partial charge in [-0.3, -0.25) is 27.6 Å². The molecule has 22 nitrogen and oxygen atoms in total. The summed E-state index contributed by atoms with van der Waals surface area (Å²) in [6, 6.07) is 39.7. The number of carbonyl (C=O) groups excluding carboxylic acids is 6. The molecule has 8 aromatic rings. The van der Waals surface area contributed by atoms with Gasteiger partial charge in [-0.25, -0.2) is 18.4 Å². The molecule has 0 aliphatic heterocycles. The van der Waals surface area contributed by atoms with Crippen LogP contribution in [0.5, 0.6) is 11.5 Å². The van der Waals surface area contributed by atoms with Gasteiger partial charge in [-0.15, -0.1) is 20.2 Å². The fraction of sp³-hybridized carbons (Fsp3) is 0.233. The SMILES string of the molecule is CC1=C(CC(=O)OC(COC(=O)CC(C)CO[N+](=O)[O-])C(=O)Oc2ccc(-c3cc(=S)ss3)cc2)c2cc(F)ccc2C1=Cc1ccc(S(C)=O)cc1.CC1=C(CC(=O)OC(COC(=O)CCCO[N+](=O)[O-])C(=O)Oc2ccc(-c3cc(=S)ss3)cc2)c2cc(F)ccc2C1=Cc1ccc(S(C)=O)cc1. The molecule has 0 saturated heterocycles. The fourth-order valence-corrected chi connectivity index (χ4v) is 16.5. The van der Waals surface area contributed by atoms with Crippen LogP contribution in [0.25, 0.3) is 55.3 Å². The summed E-state index contributed by atoms with van der Waals surface area (Å²) in [5.41, 5.74) is 9.41. The number of nitrogens with zero attached hydrogens (tertiary/aromatic N) is 2. The van der Waals surface area contributed by atoms with Crippen LogP contribution in [0.3, 0.4) is 0 Å². The lowest BCUT2D eigenvalue weighted by atomic mass is 10.0. The summed E-state index contributed by atoms with van der Waals surface area (Å²) in [6.07, 6.45) is 2.28. The molecule has 0 spiro atoms. The van der Waals surface area contributed by atoms with Crippen LogP contribution in [0.2, 0.25) is 0 Å². The molecule has 5 atom stereocenters. The zero-order chi connectivity index (χ0) is 75.6. The van der Waals surface area contributed by atoms with E-state index >= 15 is 0 Å². The van der Waals surface area contributed by atoms with Crippen LogP contribution in [-0.2, 0) is 79.0 Å². The zero-order valence-electron chi connectivity index (χ0n) is 56.2. The summed E-state index contributed by atoms with van der Waals surface area (Å²) < 4.78 is 86.8. The van der Waals surface area contributed by atoms with Crippen LogP contribution in [0.15, 0.2) is 167 Å². The lowest BCUT2D eigenvalue weighted by Crippen LogP contribution is -2.36. The van der Waals surface area contributed by atoms with Crippen LogP contribution >= 0.6 is 65.8 Å². The maximum Gasteiger partial charge on any atom is 0.356 e. The number of esters is 6. The molecule has 10 rings (SSSR count). The third-order valence-corrected chi connectivity index (χ3v) is 23.5. The van der Waals surface area contributed by atoms with Gasteiger partial charge in [0.2, 0.25) is 12.2 Å². The lowest BCUT2D eigenvalue weighted by Gasteiger charge is -2.18. The Morgan fingerprint density at radius 2 is 0.933 bits per heavy atom. The maximum atomic E-state index is 14.5. The third-order valence-electron chi connectivity index (χ3n) is 15.8. The van der Waals surface area contributed by atoms with Gasteiger partial charge < -0.3 is 38.1 Å². The van der Waals surface area contributed by atoms with Crippen LogP contribution in [-0.4, -0.2) is 106 Å². The Kier molecular flexibility index (Phi) is 28.1. The van der Waals surface area contributed by atoms with E-state index in [1.165, 1.54) is 72.6 Å². The predicted molar refractivity (Wildman–Crippen MR) is 399 cm³/mol. The number of carbonyl (C=O) groups is 6. The van der Waals surface area contributed by atoms with Crippen molar-refractivity contribution in [2.75, 3.05) is 38.9 Å². The van der Waals surface area contributed by atoms with Crippen molar-refractivity contribution in [3.05, 3.63) is 230 Å². The average Bonchev–Trinajstić information content (AvgIpc) is 1.63. The molecular formula is C73H62F2N2O20S8. The fourth-order valence-electron chi connectivity index (χ4n) is 10.6. The summed E-state index contributed by atoms with van der Waals surface area (Å²) in [5.74, 6) is -6.73. The first-order valence-corrected chi connectivity index (χ1v) is 39.8. The summed E-state index contributed by atoms with van der Waals surface area (Å²) >= 11 is 10.4. The first-order chi connectivity index (χ1) is 50.1. The largest absolute Gasteiger partial charge is 0.461 e. The van der Waals surface area contributed by atoms with Gasteiger partial charge >= 0.3 is 35.8 Å². The van der Waals surface area contributed by atoms with Crippen molar-refractivity contribution in [1.82, 2.24) is 0 Å². The molecule has 0 saturated carbocycles. The molecule has 0 fully saturated rings. The van der Waals surface area contributed by atoms with Crippen LogP contribution in [0.1, 0.15) is 86.3 Å². The quantitative estimate of drug-likeness (QED) is 0.00590. The van der Waals surface area contributed by atoms with Crippen LogP contribution in [0.4, 0.5) is 8.78 Å². The van der Waals surface area contributed by atoms with Crippen molar-refractivity contribution in [3.8, 4) is 32.4 Å². The third kappa shape index (κ3) is 22.6. The second-order valence-electron chi connectivity index (χ2n) is 23.3. The van der Waals surface area contributed by atoms with E-state index in [0.29, 0.717) is 54.3 Å². The Morgan fingerprint density at radius 1 is 0.524 bits per heavy atom. The molecule has 0 amide bonds. The van der Waals surface area contributed by atoms with Gasteiger partial charge in [-0.2, -0.15) is 0 Å². The van der Waals surface area contributed by atoms with E-state index in [4.69, 9.17) is 52.9 Å². The molecule has 32 heteroatoms. The number of hydrogen-bond donors (Lipinski definition) is 0. The lowest BCUT2D eigenvalue weighted by molar-refractivity contribution is -0.759. The van der Waals surface area contributed by atoms with Gasteiger partial charge in [0.25, 0.3) is 10.2 Å². The van der Waals surface area contributed by atoms with E-state index in [1.807, 2.05) is 48.6 Å². The second kappa shape index (κ2) is 37.3. The molecule has 546 valence electrons. The summed E-state index contributed by atoms with van der Waals surface area (Å²) in [5, 5.41) is 18.9. The number of ether oxygens (including phenoxy) is 6. The van der Waals surface area contributed by atoms with Gasteiger partial charge in [-0.05, 0) is 225 Å². The Morgan fingerprint density at radius 3 is 1.31 bits per heavy atom. The van der Waals surface area contributed by atoms with Crippen molar-refractivity contribution in [1.29, 1.82) is 0 Å². The van der Waals surface area contributed by atoms with E-state index in [0.717, 1.165) is 50.8 Å². The van der Waals surface area contributed by atoms with E-state index in [2.05, 4.69) is 9.68 Å². The van der Waals surface area contributed by atoms with Gasteiger partial charge in [0.15, 0.2) is 0 Å². The maximum absolute atomic E-state index is 14.5. The predicted octanol–water partition coefficient (Wildman–Crippen LogP) is 15.9. The van der Waals surface area contributed by atoms with E-state index in [-0.39, 0.29) is 56.8 Å². The highest BCUT2D eigenvalue weighted by Crippen LogP contribution is 2.46. The number of benzene rings is 6. The molecular weight excluding hydrogens is 1520 g/mol. The van der Waals surface area contributed by atoms with Crippen molar-refractivity contribution in [3.63, 3.8) is 0 Å². The molecule has 6 aromatic carbocycles. The molecule has 5 unspecified atom stereocenters. The highest BCUT2D eigenvalue weighted by molar-refractivity contribution is 7.84. The van der Waals surface area contributed by atoms with E-state index in [9.17, 15) is 66.2 Å². The summed E-state index contributed by atoms with van der Waals surface area (Å²) in [6.45, 7) is 3.03. The van der Waals surface area contributed by atoms with Crippen molar-refractivity contribution >= 4 is 158 Å². The molecule has 105 heavy (non-hydrogen) atoms. The summed E-state index contributed by atoms with van der Waals surface area (Å²) in [4.78, 5) is 111. The smallest absolute Gasteiger partial charge is 0.356 e. The first-order valence-electron chi connectivity index (χ1n) is 31.6. The number of fused-ring (bicyclic) bond motifs is 2. The molecule has 0 radical (unpaired) electrons. The number of halogens is 2. The Balaban J connectivity index is 0.000000243. The van der Waals surface area contributed by atoms with Gasteiger partial charge in [0.05, 0.1) is 26.1 Å². The normalized spacial score (nSPS) is 14.3. The van der Waals surface area contributed by atoms with Gasteiger partial charge in [0, 0.05) is 66.5 Å². The highest BCUT2D eigenvalue weighted by Gasteiger charge is 2.34. The minimum atomic E-state index is -1.69. The average molecular weight is 1580 g/mol. The second-order valence-corrected chi connectivity index (χ2v) is 31.9.